The van der Waals surface area contributed by atoms with Crippen molar-refractivity contribution in [2.24, 2.45) is 28.6 Å². The summed E-state index contributed by atoms with van der Waals surface area (Å²) in [5, 5.41) is 34.1. The zero-order valence-electron chi connectivity index (χ0n) is 24.4. The number of rotatable bonds is 4. The smallest absolute Gasteiger partial charge is 0.417 e. The molecule has 2 aliphatic heterocycles. The SMILES string of the molecule is COC(=O)[C@@]12OC[C@]34C(C(O)C1O)[C@@]1(C)CC(=O)C(OC(=O)C=C(c5ccccc5)C(F)(F)F)=C(C)C1C[C@H]3OC(=O)[C@H](O)[C@H]42. The monoisotopic (exact) mass is 636 g/mol. The molecular formula is C31H31F3O11. The van der Waals surface area contributed by atoms with Crippen LogP contribution in [0.4, 0.5) is 13.2 Å². The molecule has 2 saturated carbocycles. The number of benzene rings is 1. The number of hydrogen-bond donors (Lipinski definition) is 3. The molecule has 1 aromatic rings. The van der Waals surface area contributed by atoms with Crippen molar-refractivity contribution in [1.82, 2.24) is 0 Å². The third-order valence-electron chi connectivity index (χ3n) is 10.7. The van der Waals surface area contributed by atoms with Gasteiger partial charge in [-0.1, -0.05) is 37.3 Å². The first-order valence-electron chi connectivity index (χ1n) is 14.3. The van der Waals surface area contributed by atoms with Crippen LogP contribution in [0.1, 0.15) is 32.3 Å². The van der Waals surface area contributed by atoms with Gasteiger partial charge in [-0.3, -0.25) is 4.79 Å². The number of allylic oxidation sites excluding steroid dienone is 3. The van der Waals surface area contributed by atoms with Crippen molar-refractivity contribution >= 4 is 29.3 Å². The number of esters is 3. The van der Waals surface area contributed by atoms with Gasteiger partial charge in [0.25, 0.3) is 0 Å². The number of aliphatic hydroxyl groups excluding tert-OH is 3. The Morgan fingerprint density at radius 2 is 1.76 bits per heavy atom. The van der Waals surface area contributed by atoms with Gasteiger partial charge in [-0.05, 0) is 35.8 Å². The molecule has 4 unspecified atom stereocenters. The molecule has 45 heavy (non-hydrogen) atoms. The van der Waals surface area contributed by atoms with Gasteiger partial charge in [0.1, 0.15) is 12.2 Å². The van der Waals surface area contributed by atoms with Crippen molar-refractivity contribution in [3.63, 3.8) is 0 Å². The lowest BCUT2D eigenvalue weighted by Gasteiger charge is -2.67. The second kappa shape index (κ2) is 10.2. The molecule has 4 fully saturated rings. The highest BCUT2D eigenvalue weighted by atomic mass is 19.4. The van der Waals surface area contributed by atoms with Crippen LogP contribution in [0.3, 0.4) is 0 Å². The first-order chi connectivity index (χ1) is 21.1. The van der Waals surface area contributed by atoms with Gasteiger partial charge < -0.3 is 34.3 Å². The summed E-state index contributed by atoms with van der Waals surface area (Å²) in [6.45, 7) is 2.79. The van der Waals surface area contributed by atoms with E-state index in [2.05, 4.69) is 0 Å². The molecule has 1 spiro atoms. The van der Waals surface area contributed by atoms with Gasteiger partial charge in [-0.2, -0.15) is 13.2 Å². The fraction of sp³-hybridized carbons (Fsp3) is 0.548. The van der Waals surface area contributed by atoms with Crippen molar-refractivity contribution in [3.05, 3.63) is 53.3 Å². The number of carbonyl (C=O) groups excluding carboxylic acids is 4. The van der Waals surface area contributed by atoms with Gasteiger partial charge in [-0.25, -0.2) is 14.4 Å². The average Bonchev–Trinajstić information content (AvgIpc) is 3.29. The molecule has 0 radical (unpaired) electrons. The third kappa shape index (κ3) is 4.11. The zero-order chi connectivity index (χ0) is 32.9. The Bertz CT molecular complexity index is 1540. The Morgan fingerprint density at radius 3 is 2.38 bits per heavy atom. The summed E-state index contributed by atoms with van der Waals surface area (Å²) in [6.07, 6.45) is -11.8. The summed E-state index contributed by atoms with van der Waals surface area (Å²) in [5.74, 6) is -8.08. The van der Waals surface area contributed by atoms with Gasteiger partial charge in [0, 0.05) is 23.8 Å². The quantitative estimate of drug-likeness (QED) is 0.250. The van der Waals surface area contributed by atoms with E-state index in [9.17, 15) is 47.7 Å². The maximum absolute atomic E-state index is 13.8. The van der Waals surface area contributed by atoms with Gasteiger partial charge >= 0.3 is 24.1 Å². The van der Waals surface area contributed by atoms with Gasteiger partial charge in [0.2, 0.25) is 0 Å². The van der Waals surface area contributed by atoms with E-state index < -0.39 is 106 Å². The molecule has 6 rings (SSSR count). The minimum atomic E-state index is -4.91. The molecule has 2 heterocycles. The first kappa shape index (κ1) is 31.4. The van der Waals surface area contributed by atoms with Crippen LogP contribution in [-0.4, -0.2) is 88.9 Å². The third-order valence-corrected chi connectivity index (χ3v) is 10.7. The number of halogens is 3. The van der Waals surface area contributed by atoms with Crippen molar-refractivity contribution < 1.29 is 66.6 Å². The Hall–Kier alpha value is -3.59. The molecule has 14 heteroatoms. The summed E-state index contributed by atoms with van der Waals surface area (Å²) in [5.41, 5.74) is -6.34. The maximum Gasteiger partial charge on any atom is 0.417 e. The van der Waals surface area contributed by atoms with Crippen LogP contribution in [0.25, 0.3) is 5.57 Å². The summed E-state index contributed by atoms with van der Waals surface area (Å²) in [6, 6.07) is 6.60. The number of alkyl halides is 3. The molecule has 11 nitrogen and oxygen atoms in total. The Kier molecular flexibility index (Phi) is 7.12. The van der Waals surface area contributed by atoms with Crippen LogP contribution in [0.5, 0.6) is 0 Å². The molecule has 1 aromatic carbocycles. The predicted octanol–water partition coefficient (Wildman–Crippen LogP) is 1.63. The number of hydrogen-bond acceptors (Lipinski definition) is 11. The molecule has 0 aromatic heterocycles. The Balaban J connectivity index is 1.42. The Labute approximate surface area is 254 Å². The number of methoxy groups -OCH3 is 1. The van der Waals surface area contributed by atoms with E-state index in [0.717, 1.165) is 7.11 Å². The summed E-state index contributed by atoms with van der Waals surface area (Å²) in [7, 11) is 1.03. The van der Waals surface area contributed by atoms with Crippen molar-refractivity contribution in [2.75, 3.05) is 13.7 Å². The average molecular weight is 637 g/mol. The normalized spacial score (nSPS) is 40.7. The van der Waals surface area contributed by atoms with E-state index >= 15 is 0 Å². The number of Topliss-reactive ketones (excluding diaryl/α,β-unsaturated/α-hetero) is 1. The van der Waals surface area contributed by atoms with Crippen molar-refractivity contribution in [1.29, 1.82) is 0 Å². The fourth-order valence-electron chi connectivity index (χ4n) is 9.09. The minimum Gasteiger partial charge on any atom is -0.467 e. The summed E-state index contributed by atoms with van der Waals surface area (Å²) in [4.78, 5) is 52.5. The fourth-order valence-corrected chi connectivity index (χ4v) is 9.09. The molecule has 242 valence electrons. The highest BCUT2D eigenvalue weighted by molar-refractivity contribution is 6.01. The van der Waals surface area contributed by atoms with Crippen LogP contribution in [0.15, 0.2) is 47.7 Å². The lowest BCUT2D eigenvalue weighted by atomic mass is 9.38. The topological polar surface area (TPSA) is 166 Å². The second-order valence-corrected chi connectivity index (χ2v) is 12.7. The lowest BCUT2D eigenvalue weighted by Crippen LogP contribution is -2.79. The largest absolute Gasteiger partial charge is 0.467 e. The number of ether oxygens (including phenoxy) is 4. The number of carbonyl (C=O) groups is 4. The molecule has 10 atom stereocenters. The summed E-state index contributed by atoms with van der Waals surface area (Å²) < 4.78 is 63.3. The van der Waals surface area contributed by atoms with Crippen LogP contribution < -0.4 is 0 Å². The highest BCUT2D eigenvalue weighted by Gasteiger charge is 2.84. The van der Waals surface area contributed by atoms with E-state index in [1.165, 1.54) is 37.3 Å². The molecule has 2 bridgehead atoms. The van der Waals surface area contributed by atoms with E-state index in [1.807, 2.05) is 0 Å². The molecular weight excluding hydrogens is 605 g/mol. The minimum absolute atomic E-state index is 0.0286. The maximum atomic E-state index is 13.8. The van der Waals surface area contributed by atoms with Crippen LogP contribution >= 0.6 is 0 Å². The Morgan fingerprint density at radius 1 is 1.09 bits per heavy atom. The lowest BCUT2D eigenvalue weighted by molar-refractivity contribution is -0.289. The molecule has 3 aliphatic carbocycles. The van der Waals surface area contributed by atoms with Crippen LogP contribution in [0, 0.1) is 28.6 Å². The van der Waals surface area contributed by atoms with Crippen LogP contribution in [0.2, 0.25) is 0 Å². The highest BCUT2D eigenvalue weighted by Crippen LogP contribution is 2.72. The number of fused-ring (bicyclic) bond motifs is 2. The summed E-state index contributed by atoms with van der Waals surface area (Å²) >= 11 is 0. The van der Waals surface area contributed by atoms with Gasteiger partial charge in [0.05, 0.1) is 31.3 Å². The molecule has 2 saturated heterocycles. The predicted molar refractivity (Wildman–Crippen MR) is 143 cm³/mol. The number of ketones is 1. The van der Waals surface area contributed by atoms with Crippen molar-refractivity contribution in [2.45, 2.75) is 62.9 Å². The zero-order valence-corrected chi connectivity index (χ0v) is 24.4. The standard InChI is InChI=1S/C31H31F3O11/c1-13-15-9-18-29-12-43-30(27(41)42-3,24(29)21(38)26(40)44-18)25(39)20(37)23(29)28(15,2)11-17(35)22(13)45-19(36)10-16(31(32,33)34)14-7-5-4-6-8-14/h4-8,10,15,18,20-21,23-25,37-39H,9,11-12H2,1-3H3/t15?,18-,20?,21-,23?,24-,25?,28+,29-,30+/m1/s1. The first-order valence-corrected chi connectivity index (χ1v) is 14.3. The van der Waals surface area contributed by atoms with Crippen molar-refractivity contribution in [3.8, 4) is 0 Å². The molecule has 0 amide bonds. The van der Waals surface area contributed by atoms with E-state index in [0.29, 0.717) is 0 Å². The van der Waals surface area contributed by atoms with Crippen LogP contribution in [-0.2, 0) is 38.1 Å². The van der Waals surface area contributed by atoms with E-state index in [-0.39, 0.29) is 30.2 Å². The van der Waals surface area contributed by atoms with Gasteiger partial charge in [0.15, 0.2) is 23.2 Å². The molecule has 5 aliphatic rings. The molecule has 3 N–H and O–H groups in total. The van der Waals surface area contributed by atoms with Gasteiger partial charge in [-0.15, -0.1) is 0 Å². The number of aliphatic hydroxyl groups is 3. The second-order valence-electron chi connectivity index (χ2n) is 12.7. The van der Waals surface area contributed by atoms with E-state index in [1.54, 1.807) is 6.92 Å². The van der Waals surface area contributed by atoms with E-state index in [4.69, 9.17) is 18.9 Å².